The number of amides is 1. The largest absolute Gasteiger partial charge is 0.477 e. The van der Waals surface area contributed by atoms with Crippen LogP contribution in [0, 0.1) is 12.8 Å². The number of aromatic nitrogens is 1. The van der Waals surface area contributed by atoms with Gasteiger partial charge in [-0.15, -0.1) is 0 Å². The summed E-state index contributed by atoms with van der Waals surface area (Å²) in [5, 5.41) is 9.23. The predicted molar refractivity (Wildman–Crippen MR) is 137 cm³/mol. The number of hydrogen-bond acceptors (Lipinski definition) is 7. The number of halogens is 2. The predicted octanol–water partition coefficient (Wildman–Crippen LogP) is 3.92. The van der Waals surface area contributed by atoms with Crippen molar-refractivity contribution in [2.45, 2.75) is 74.3 Å². The molecule has 2 aliphatic carbocycles. The lowest BCUT2D eigenvalue weighted by Gasteiger charge is -2.32. The summed E-state index contributed by atoms with van der Waals surface area (Å²) in [6, 6.07) is 9.91. The molecule has 0 bridgehead atoms. The Hall–Kier alpha value is -2.79. The van der Waals surface area contributed by atoms with Crippen LogP contribution in [0.5, 0.6) is 5.75 Å². The number of piperidine rings is 1. The summed E-state index contributed by atoms with van der Waals surface area (Å²) in [7, 11) is -4.29. The third-order valence-corrected chi connectivity index (χ3v) is 8.98. The molecule has 0 radical (unpaired) electrons. The van der Waals surface area contributed by atoms with Crippen LogP contribution in [-0.2, 0) is 14.8 Å². The summed E-state index contributed by atoms with van der Waals surface area (Å²) < 4.78 is 62.3. The van der Waals surface area contributed by atoms with Crippen LogP contribution in [-0.4, -0.2) is 55.6 Å². The highest BCUT2D eigenvalue weighted by atomic mass is 32.2. The first-order valence-corrected chi connectivity index (χ1v) is 14.6. The number of rotatable bonds is 8. The van der Waals surface area contributed by atoms with Crippen LogP contribution in [0.25, 0.3) is 0 Å². The van der Waals surface area contributed by atoms with Crippen molar-refractivity contribution in [1.82, 2.24) is 9.71 Å². The second-order valence-electron chi connectivity index (χ2n) is 10.8. The molecule has 11 heteroatoms. The quantitative estimate of drug-likeness (QED) is 0.514. The van der Waals surface area contributed by atoms with E-state index in [1.54, 1.807) is 24.3 Å². The van der Waals surface area contributed by atoms with Gasteiger partial charge in [-0.2, -0.15) is 8.42 Å². The third-order valence-electron chi connectivity index (χ3n) is 7.75. The van der Waals surface area contributed by atoms with Gasteiger partial charge in [0.2, 0.25) is 5.92 Å². The molecule has 8 nitrogen and oxygen atoms in total. The molecule has 2 N–H and O–H groups in total. The van der Waals surface area contributed by atoms with Gasteiger partial charge in [-0.1, -0.05) is 18.2 Å². The van der Waals surface area contributed by atoms with Gasteiger partial charge in [0.05, 0.1) is 0 Å². The average Bonchev–Trinajstić information content (AvgIpc) is 3.58. The highest BCUT2D eigenvalue weighted by Gasteiger charge is 2.55. The zero-order chi connectivity index (χ0) is 27.1. The first kappa shape index (κ1) is 26.8. The van der Waals surface area contributed by atoms with Gasteiger partial charge in [-0.3, -0.25) is 4.79 Å². The molecule has 2 atom stereocenters. The Kier molecular flexibility index (Phi) is 7.10. The van der Waals surface area contributed by atoms with E-state index in [-0.39, 0.29) is 30.4 Å². The molecule has 1 unspecified atom stereocenters. The Morgan fingerprint density at radius 1 is 1.21 bits per heavy atom. The van der Waals surface area contributed by atoms with Gasteiger partial charge in [0, 0.05) is 45.4 Å². The van der Waals surface area contributed by atoms with E-state index in [2.05, 4.69) is 9.71 Å². The van der Waals surface area contributed by atoms with E-state index in [0.29, 0.717) is 49.5 Å². The fraction of sp³-hybridized carbons (Fsp3) is 0.556. The minimum atomic E-state index is -4.29. The lowest BCUT2D eigenvalue weighted by molar-refractivity contribution is -0.128. The number of alkyl halides is 2. The van der Waals surface area contributed by atoms with Crippen LogP contribution in [0.1, 0.15) is 62.0 Å². The zero-order valence-corrected chi connectivity index (χ0v) is 22.1. The summed E-state index contributed by atoms with van der Waals surface area (Å²) >= 11 is 0. The monoisotopic (exact) mass is 549 g/mol. The lowest BCUT2D eigenvalue weighted by atomic mass is 9.95. The van der Waals surface area contributed by atoms with E-state index in [9.17, 15) is 27.1 Å². The van der Waals surface area contributed by atoms with E-state index >= 15 is 0 Å². The molecule has 5 rings (SSSR count). The van der Waals surface area contributed by atoms with E-state index in [1.165, 1.54) is 6.07 Å². The molecule has 1 amide bonds. The Morgan fingerprint density at radius 2 is 2.00 bits per heavy atom. The van der Waals surface area contributed by atoms with E-state index in [4.69, 9.17) is 4.74 Å². The van der Waals surface area contributed by atoms with Crippen LogP contribution < -0.4 is 14.4 Å². The summed E-state index contributed by atoms with van der Waals surface area (Å²) in [6.07, 6.45) is 2.22. The molecular weight excluding hydrogens is 516 g/mol. The first-order valence-electron chi connectivity index (χ1n) is 13.1. The maximum absolute atomic E-state index is 13.9. The van der Waals surface area contributed by atoms with Crippen molar-refractivity contribution in [3.8, 4) is 5.75 Å². The average molecular weight is 550 g/mol. The van der Waals surface area contributed by atoms with Crippen LogP contribution in [0.4, 0.5) is 14.6 Å². The second-order valence-corrected chi connectivity index (χ2v) is 12.5. The summed E-state index contributed by atoms with van der Waals surface area (Å²) in [4.78, 5) is 19.4. The smallest absolute Gasteiger partial charge is 0.281 e. The van der Waals surface area contributed by atoms with Crippen LogP contribution in [0.3, 0.4) is 0 Å². The second kappa shape index (κ2) is 10.1. The number of aryl methyl sites for hydroxylation is 1. The van der Waals surface area contributed by atoms with Gasteiger partial charge in [-0.25, -0.2) is 18.5 Å². The highest BCUT2D eigenvalue weighted by molar-refractivity contribution is 7.90. The molecule has 1 aromatic heterocycles. The number of aliphatic hydroxyl groups is 1. The number of nitrogens with zero attached hydrogens (tertiary/aromatic N) is 2. The van der Waals surface area contributed by atoms with Crippen LogP contribution >= 0.6 is 0 Å². The van der Waals surface area contributed by atoms with Gasteiger partial charge in [0.15, 0.2) is 10.6 Å². The van der Waals surface area contributed by atoms with Crippen molar-refractivity contribution < 1.29 is 31.8 Å². The van der Waals surface area contributed by atoms with Crippen LogP contribution in [0.15, 0.2) is 41.4 Å². The number of aliphatic hydroxyl groups excluding tert-OH is 1. The summed E-state index contributed by atoms with van der Waals surface area (Å²) in [5.74, 6) is -3.01. The topological polar surface area (TPSA) is 109 Å². The van der Waals surface area contributed by atoms with Crippen molar-refractivity contribution in [1.29, 1.82) is 0 Å². The highest BCUT2D eigenvalue weighted by Crippen LogP contribution is 2.49. The van der Waals surface area contributed by atoms with Gasteiger partial charge in [-0.05, 0) is 67.3 Å². The van der Waals surface area contributed by atoms with E-state index < -0.39 is 33.4 Å². The standard InChI is InChI=1S/C27H33F2N3O5S/c1-18-7-8-21(20-9-10-27(28,29)15-20)22(14-18)37-26(11-12-26)25(34)31-38(35,36)24-6-2-5-23(30-24)32-13-3-4-19(16-32)17-33/h2,5-8,14,19-20,33H,3-4,9-13,15-17H2,1H3,(H,31,34)/t19-,20?/m1/s1. The number of carbonyl (C=O) groups is 1. The first-order chi connectivity index (χ1) is 18.0. The molecule has 2 saturated carbocycles. The molecule has 1 saturated heterocycles. The Bertz CT molecular complexity index is 1320. The fourth-order valence-corrected chi connectivity index (χ4v) is 6.41. The van der Waals surface area contributed by atoms with Crippen molar-refractivity contribution >= 4 is 21.7 Å². The van der Waals surface area contributed by atoms with Crippen molar-refractivity contribution in [2.75, 3.05) is 24.6 Å². The molecule has 0 spiro atoms. The Morgan fingerprint density at radius 3 is 2.68 bits per heavy atom. The molecule has 1 aromatic carbocycles. The van der Waals surface area contributed by atoms with Gasteiger partial charge in [0.25, 0.3) is 15.9 Å². The van der Waals surface area contributed by atoms with Crippen molar-refractivity contribution in [3.63, 3.8) is 0 Å². The SMILES string of the molecule is Cc1ccc(C2CCC(F)(F)C2)c(OC2(C(=O)NS(=O)(=O)c3cccc(N4CCC[C@@H](CO)C4)n3)CC2)c1. The zero-order valence-electron chi connectivity index (χ0n) is 21.3. The Labute approximate surface area is 221 Å². The van der Waals surface area contributed by atoms with E-state index in [0.717, 1.165) is 18.4 Å². The number of sulfonamides is 1. The molecular formula is C27H33F2N3O5S. The minimum Gasteiger partial charge on any atom is -0.477 e. The molecule has 206 valence electrons. The molecule has 2 aromatic rings. The number of nitrogens with one attached hydrogen (secondary N) is 1. The van der Waals surface area contributed by atoms with Crippen molar-refractivity contribution in [3.05, 3.63) is 47.5 Å². The number of hydrogen-bond donors (Lipinski definition) is 2. The maximum atomic E-state index is 13.9. The molecule has 3 fully saturated rings. The fourth-order valence-electron chi connectivity index (χ4n) is 5.40. The maximum Gasteiger partial charge on any atom is 0.281 e. The molecule has 2 heterocycles. The number of carbonyl (C=O) groups excluding carboxylic acids is 1. The summed E-state index contributed by atoms with van der Waals surface area (Å²) in [5.41, 5.74) is 0.0848. The minimum absolute atomic E-state index is 0.0540. The summed E-state index contributed by atoms with van der Waals surface area (Å²) in [6.45, 7) is 3.16. The van der Waals surface area contributed by atoms with Gasteiger partial charge < -0.3 is 14.7 Å². The molecule has 1 aliphatic heterocycles. The number of ether oxygens (including phenoxy) is 1. The number of benzene rings is 1. The van der Waals surface area contributed by atoms with Gasteiger partial charge >= 0.3 is 0 Å². The lowest BCUT2D eigenvalue weighted by Crippen LogP contribution is -2.44. The van der Waals surface area contributed by atoms with Crippen molar-refractivity contribution in [2.24, 2.45) is 5.92 Å². The number of anilines is 1. The normalized spacial score (nSPS) is 24.2. The third kappa shape index (κ3) is 5.63. The molecule has 38 heavy (non-hydrogen) atoms. The number of pyridine rings is 1. The van der Waals surface area contributed by atoms with E-state index in [1.807, 2.05) is 17.9 Å². The van der Waals surface area contributed by atoms with Gasteiger partial charge in [0.1, 0.15) is 11.6 Å². The molecule has 3 aliphatic rings. The van der Waals surface area contributed by atoms with Crippen LogP contribution in [0.2, 0.25) is 0 Å². The Balaban J connectivity index is 1.32.